The molecule has 7 nitrogen and oxygen atoms in total. The lowest BCUT2D eigenvalue weighted by Gasteiger charge is -2.22. The lowest BCUT2D eigenvalue weighted by Crippen LogP contribution is -2.42. The molecule has 7 N–H and O–H groups in total. The highest BCUT2D eigenvalue weighted by atomic mass is 35.5. The van der Waals surface area contributed by atoms with E-state index in [-0.39, 0.29) is 48.9 Å². The minimum absolute atomic E-state index is 0. The molecule has 30 heavy (non-hydrogen) atoms. The highest BCUT2D eigenvalue weighted by Crippen LogP contribution is 2.39. The fourth-order valence-corrected chi connectivity index (χ4v) is 3.92. The van der Waals surface area contributed by atoms with Crippen molar-refractivity contribution >= 4 is 71.2 Å². The maximum atomic E-state index is 12.3. The van der Waals surface area contributed by atoms with Crippen LogP contribution in [0.2, 0.25) is 8.67 Å². The Morgan fingerprint density at radius 3 is 2.33 bits per heavy atom. The van der Waals surface area contributed by atoms with Crippen molar-refractivity contribution in [3.8, 4) is 16.9 Å². The quantitative estimate of drug-likeness (QED) is 0.326. The largest absolute Gasteiger partial charge is 0.491 e. The minimum Gasteiger partial charge on any atom is -0.491 e. The Morgan fingerprint density at radius 1 is 1.20 bits per heavy atom. The number of thiophene rings is 1. The van der Waals surface area contributed by atoms with Gasteiger partial charge in [0.05, 0.1) is 4.34 Å². The second-order valence-corrected chi connectivity index (χ2v) is 8.81. The molecule has 1 aromatic carbocycles. The molecule has 168 valence electrons. The van der Waals surface area contributed by atoms with Gasteiger partial charge in [-0.15, -0.1) is 36.2 Å². The van der Waals surface area contributed by atoms with Crippen LogP contribution < -0.4 is 21.9 Å². The van der Waals surface area contributed by atoms with Crippen molar-refractivity contribution in [1.82, 2.24) is 0 Å². The average Bonchev–Trinajstić information content (AvgIpc) is 2.96. The number of nitrogens with zero attached hydrogens (tertiary/aromatic N) is 1. The van der Waals surface area contributed by atoms with E-state index in [0.29, 0.717) is 25.5 Å². The van der Waals surface area contributed by atoms with Crippen LogP contribution in [0.5, 0.6) is 5.75 Å². The van der Waals surface area contributed by atoms with Crippen LogP contribution in [0.15, 0.2) is 29.3 Å². The number of halogens is 4. The van der Waals surface area contributed by atoms with E-state index in [1.54, 1.807) is 18.2 Å². The first-order valence-corrected chi connectivity index (χ1v) is 9.96. The summed E-state index contributed by atoms with van der Waals surface area (Å²) in [5, 5.41) is 10.2. The first-order chi connectivity index (χ1) is 13.1. The molecule has 0 fully saturated rings. The number of hydrogen-bond donors (Lipinski definition) is 4. The van der Waals surface area contributed by atoms with Gasteiger partial charge >= 0.3 is 0 Å². The molecule has 2 atom stereocenters. The number of carbonyl (C=O) groups excluding carboxylic acids is 1. The molecule has 0 saturated carbocycles. The summed E-state index contributed by atoms with van der Waals surface area (Å²) in [6.45, 7) is 3.77. The normalized spacial score (nSPS) is 12.4. The average molecular weight is 518 g/mol. The number of aliphatic imine (C=N–C) groups is 1. The van der Waals surface area contributed by atoms with E-state index in [1.165, 1.54) is 17.4 Å². The molecule has 0 aliphatic heterocycles. The molecule has 2 unspecified atom stereocenters. The summed E-state index contributed by atoms with van der Waals surface area (Å²) < 4.78 is 6.64. The molecule has 0 aliphatic rings. The number of nitrogens with two attached hydrogens (primary N) is 3. The van der Waals surface area contributed by atoms with Gasteiger partial charge in [-0.3, -0.25) is 4.79 Å². The number of ether oxygens (including phenoxy) is 1. The van der Waals surface area contributed by atoms with Gasteiger partial charge in [-0.05, 0) is 35.7 Å². The summed E-state index contributed by atoms with van der Waals surface area (Å²) in [6, 6.07) is 5.99. The van der Waals surface area contributed by atoms with E-state index in [0.717, 1.165) is 0 Å². The van der Waals surface area contributed by atoms with E-state index >= 15 is 0 Å². The van der Waals surface area contributed by atoms with Gasteiger partial charge in [0.2, 0.25) is 0 Å². The van der Waals surface area contributed by atoms with E-state index in [9.17, 15) is 9.90 Å². The zero-order chi connectivity index (χ0) is 21.0. The van der Waals surface area contributed by atoms with Gasteiger partial charge in [0.25, 0.3) is 5.91 Å². The van der Waals surface area contributed by atoms with Crippen LogP contribution in [0, 0.1) is 5.92 Å². The Hall–Kier alpha value is -1.26. The van der Waals surface area contributed by atoms with Crippen LogP contribution >= 0.6 is 59.4 Å². The second-order valence-electron chi connectivity index (χ2n) is 6.53. The number of aliphatic hydroxyl groups excluding tert-OH is 1. The highest BCUT2D eigenvalue weighted by Gasteiger charge is 2.20. The molecule has 0 spiro atoms. The predicted molar refractivity (Wildman–Crippen MR) is 129 cm³/mol. The first kappa shape index (κ1) is 28.7. The van der Waals surface area contributed by atoms with Crippen molar-refractivity contribution in [2.24, 2.45) is 28.1 Å². The number of rotatable bonds is 7. The Bertz CT molecular complexity index is 888. The predicted octanol–water partition coefficient (Wildman–Crippen LogP) is 3.70. The molecule has 1 amide bonds. The van der Waals surface area contributed by atoms with Crippen molar-refractivity contribution < 1.29 is 14.6 Å². The molecule has 0 saturated heterocycles. The molecule has 0 aliphatic carbocycles. The van der Waals surface area contributed by atoms with E-state index in [1.807, 2.05) is 13.8 Å². The molecule has 2 rings (SSSR count). The number of benzene rings is 1. The van der Waals surface area contributed by atoms with Gasteiger partial charge in [-0.25, -0.2) is 0 Å². The Kier molecular flexibility index (Phi) is 12.0. The van der Waals surface area contributed by atoms with E-state index in [4.69, 9.17) is 45.1 Å². The highest BCUT2D eigenvalue weighted by molar-refractivity contribution is 7.20. The summed E-state index contributed by atoms with van der Waals surface area (Å²) in [5.41, 5.74) is 18.0. The van der Waals surface area contributed by atoms with Gasteiger partial charge in [-0.1, -0.05) is 37.0 Å². The fraction of sp³-hybridized carbons (Fsp3) is 0.333. The number of hydrogen-bond acceptors (Lipinski definition) is 5. The van der Waals surface area contributed by atoms with Gasteiger partial charge in [0.15, 0.2) is 5.96 Å². The van der Waals surface area contributed by atoms with Crippen molar-refractivity contribution in [2.45, 2.75) is 26.0 Å². The SMILES string of the molecule is CC(C)C(N)C(O)COc1cc(C(=O)N=C(N)N)cc(-c2cc(Cl)sc2Cl)c1.Cl.Cl. The van der Waals surface area contributed by atoms with Crippen LogP contribution in [0.1, 0.15) is 24.2 Å². The number of guanidine groups is 1. The third kappa shape index (κ3) is 7.77. The molecule has 2 aromatic rings. The van der Waals surface area contributed by atoms with Crippen molar-refractivity contribution in [2.75, 3.05) is 6.61 Å². The van der Waals surface area contributed by atoms with Crippen LogP contribution in [0.25, 0.3) is 11.1 Å². The van der Waals surface area contributed by atoms with Gasteiger partial charge < -0.3 is 27.0 Å². The fourth-order valence-electron chi connectivity index (χ4n) is 2.42. The zero-order valence-electron chi connectivity index (χ0n) is 16.2. The van der Waals surface area contributed by atoms with Crippen molar-refractivity contribution in [1.29, 1.82) is 0 Å². The third-order valence-electron chi connectivity index (χ3n) is 3.99. The van der Waals surface area contributed by atoms with Crippen LogP contribution in [0.3, 0.4) is 0 Å². The minimum atomic E-state index is -0.875. The van der Waals surface area contributed by atoms with E-state index in [2.05, 4.69) is 4.99 Å². The standard InChI is InChI=1S/C18H22Cl2N4O3S.2ClH/c1-8(2)15(21)13(25)7-27-11-4-9(12-6-14(19)28-16(12)20)3-10(5-11)17(26)24-18(22)23;;/h3-6,8,13,15,25H,7,21H2,1-2H3,(H4,22,23,24,26);2*1H. The number of aliphatic hydroxyl groups is 1. The second kappa shape index (κ2) is 12.6. The third-order valence-corrected chi connectivity index (χ3v) is 5.47. The summed E-state index contributed by atoms with van der Waals surface area (Å²) in [4.78, 5) is 15.8. The van der Waals surface area contributed by atoms with Crippen molar-refractivity contribution in [3.05, 3.63) is 38.5 Å². The van der Waals surface area contributed by atoms with Crippen molar-refractivity contribution in [3.63, 3.8) is 0 Å². The Labute approximate surface area is 201 Å². The molecule has 0 radical (unpaired) electrons. The zero-order valence-corrected chi connectivity index (χ0v) is 20.1. The maximum Gasteiger partial charge on any atom is 0.280 e. The smallest absolute Gasteiger partial charge is 0.280 e. The Balaban J connectivity index is 0.00000420. The van der Waals surface area contributed by atoms with E-state index < -0.39 is 18.1 Å². The molecule has 1 heterocycles. The van der Waals surface area contributed by atoms with Crippen LogP contribution in [-0.2, 0) is 0 Å². The lowest BCUT2D eigenvalue weighted by molar-refractivity contribution is 0.0715. The number of amides is 1. The molecule has 0 bridgehead atoms. The monoisotopic (exact) mass is 516 g/mol. The molecular formula is C18H24Cl4N4O3S. The summed E-state index contributed by atoms with van der Waals surface area (Å²) in [6.07, 6.45) is -0.875. The summed E-state index contributed by atoms with van der Waals surface area (Å²) >= 11 is 13.5. The molecular weight excluding hydrogens is 494 g/mol. The van der Waals surface area contributed by atoms with Gasteiger partial charge in [0, 0.05) is 17.2 Å². The number of carbonyl (C=O) groups is 1. The first-order valence-electron chi connectivity index (χ1n) is 8.39. The molecule has 1 aromatic heterocycles. The topological polar surface area (TPSA) is 137 Å². The van der Waals surface area contributed by atoms with Crippen LogP contribution in [0.4, 0.5) is 0 Å². The molecule has 12 heteroatoms. The summed E-state index contributed by atoms with van der Waals surface area (Å²) in [5.74, 6) is -0.577. The summed E-state index contributed by atoms with van der Waals surface area (Å²) in [7, 11) is 0. The Morgan fingerprint density at radius 2 is 1.83 bits per heavy atom. The van der Waals surface area contributed by atoms with Gasteiger partial charge in [-0.2, -0.15) is 4.99 Å². The van der Waals surface area contributed by atoms with Crippen LogP contribution in [-0.4, -0.2) is 35.7 Å². The maximum absolute atomic E-state index is 12.3. The lowest BCUT2D eigenvalue weighted by atomic mass is 10.0. The van der Waals surface area contributed by atoms with Gasteiger partial charge in [0.1, 0.15) is 22.8 Å².